The summed E-state index contributed by atoms with van der Waals surface area (Å²) in [5, 5.41) is 13.9. The smallest absolute Gasteiger partial charge is 0.129 e. The maximum absolute atomic E-state index is 9.64. The van der Waals surface area contributed by atoms with Gasteiger partial charge in [-0.2, -0.15) is 0 Å². The number of halogens is 3. The second-order valence-electron chi connectivity index (χ2n) is 3.87. The van der Waals surface area contributed by atoms with Gasteiger partial charge in [0.2, 0.25) is 0 Å². The summed E-state index contributed by atoms with van der Waals surface area (Å²) in [6.45, 7) is 1.19. The molecule has 2 aromatic rings. The molecule has 1 heterocycles. The quantitative estimate of drug-likeness (QED) is 0.842. The lowest BCUT2D eigenvalue weighted by Crippen LogP contribution is -2.12. The molecule has 3 nitrogen and oxygen atoms in total. The van der Waals surface area contributed by atoms with E-state index in [1.807, 2.05) is 6.07 Å². The lowest BCUT2D eigenvalue weighted by Gasteiger charge is -2.07. The number of phenolic OH excluding ortho intramolecular Hbond substituents is 1. The average Bonchev–Trinajstić information content (AvgIpc) is 2.36. The van der Waals surface area contributed by atoms with Crippen LogP contribution >= 0.6 is 35.6 Å². The van der Waals surface area contributed by atoms with Gasteiger partial charge in [0, 0.05) is 29.9 Å². The summed E-state index contributed by atoms with van der Waals surface area (Å²) in [6, 6.07) is 8.63. The molecule has 0 aliphatic carbocycles. The zero-order valence-corrected chi connectivity index (χ0v) is 12.3. The van der Waals surface area contributed by atoms with E-state index >= 15 is 0 Å². The number of aromatic nitrogens is 1. The van der Waals surface area contributed by atoms with E-state index in [9.17, 15) is 5.11 Å². The predicted octanol–water partition coefficient (Wildman–Crippen LogP) is 3.81. The Labute approximate surface area is 128 Å². The first-order valence-electron chi connectivity index (χ1n) is 5.43. The van der Waals surface area contributed by atoms with Gasteiger partial charge in [0.25, 0.3) is 0 Å². The highest BCUT2D eigenvalue weighted by atomic mass is 35.5. The number of rotatable bonds is 4. The number of hydrogen-bond acceptors (Lipinski definition) is 3. The Morgan fingerprint density at radius 2 is 1.89 bits per heavy atom. The molecule has 0 fully saturated rings. The van der Waals surface area contributed by atoms with Gasteiger partial charge in [-0.05, 0) is 29.8 Å². The van der Waals surface area contributed by atoms with Crippen molar-refractivity contribution in [3.63, 3.8) is 0 Å². The van der Waals surface area contributed by atoms with E-state index in [2.05, 4.69) is 10.3 Å². The normalized spacial score (nSPS) is 10.0. The molecular weight excluding hydrogens is 307 g/mol. The van der Waals surface area contributed by atoms with E-state index in [1.54, 1.807) is 30.5 Å². The first-order valence-corrected chi connectivity index (χ1v) is 6.19. The average molecular weight is 320 g/mol. The fraction of sp³-hybridized carbons (Fsp3) is 0.154. The van der Waals surface area contributed by atoms with Crippen LogP contribution in [0.4, 0.5) is 0 Å². The van der Waals surface area contributed by atoms with Gasteiger partial charge in [-0.15, -0.1) is 12.4 Å². The van der Waals surface area contributed by atoms with E-state index < -0.39 is 0 Å². The maximum atomic E-state index is 9.64. The van der Waals surface area contributed by atoms with Crippen molar-refractivity contribution in [3.05, 3.63) is 57.8 Å². The van der Waals surface area contributed by atoms with Gasteiger partial charge in [0.15, 0.2) is 0 Å². The molecule has 6 heteroatoms. The van der Waals surface area contributed by atoms with Gasteiger partial charge in [0.1, 0.15) is 10.9 Å². The SMILES string of the molecule is Cl.Oc1ccc(Cl)cc1CNCc1ccc(Cl)nc1. The van der Waals surface area contributed by atoms with Crippen LogP contribution in [0.15, 0.2) is 36.5 Å². The summed E-state index contributed by atoms with van der Waals surface area (Å²) in [6.07, 6.45) is 1.72. The Hall–Kier alpha value is -1.00. The van der Waals surface area contributed by atoms with E-state index in [1.165, 1.54) is 0 Å². The largest absolute Gasteiger partial charge is 0.508 e. The van der Waals surface area contributed by atoms with Gasteiger partial charge >= 0.3 is 0 Å². The first-order chi connectivity index (χ1) is 8.65. The van der Waals surface area contributed by atoms with Crippen LogP contribution in [0.2, 0.25) is 10.2 Å². The highest BCUT2D eigenvalue weighted by molar-refractivity contribution is 6.30. The minimum Gasteiger partial charge on any atom is -0.508 e. The van der Waals surface area contributed by atoms with Gasteiger partial charge in [-0.25, -0.2) is 4.98 Å². The lowest BCUT2D eigenvalue weighted by atomic mass is 10.2. The molecule has 2 rings (SSSR count). The van der Waals surface area contributed by atoms with Gasteiger partial charge < -0.3 is 10.4 Å². The Kier molecular flexibility index (Phi) is 6.38. The Bertz CT molecular complexity index is 532. The van der Waals surface area contributed by atoms with Crippen molar-refractivity contribution in [2.75, 3.05) is 0 Å². The molecule has 0 saturated carbocycles. The summed E-state index contributed by atoms with van der Waals surface area (Å²) < 4.78 is 0. The minimum absolute atomic E-state index is 0. The Morgan fingerprint density at radius 3 is 2.58 bits per heavy atom. The van der Waals surface area contributed by atoms with Crippen LogP contribution < -0.4 is 5.32 Å². The summed E-state index contributed by atoms with van der Waals surface area (Å²) in [4.78, 5) is 3.99. The molecule has 0 radical (unpaired) electrons. The molecular formula is C13H13Cl3N2O. The summed E-state index contributed by atoms with van der Waals surface area (Å²) in [5.74, 6) is 0.237. The second kappa shape index (κ2) is 7.56. The molecule has 0 amide bonds. The van der Waals surface area contributed by atoms with Crippen molar-refractivity contribution in [2.45, 2.75) is 13.1 Å². The van der Waals surface area contributed by atoms with Crippen LogP contribution in [0.25, 0.3) is 0 Å². The van der Waals surface area contributed by atoms with Crippen LogP contribution in [-0.2, 0) is 13.1 Å². The standard InChI is InChI=1S/C13H12Cl2N2O.ClH/c14-11-2-3-12(18)10(5-11)8-16-6-9-1-4-13(15)17-7-9;/h1-5,7,16,18H,6,8H2;1H. The van der Waals surface area contributed by atoms with Crippen LogP contribution in [0.3, 0.4) is 0 Å². The van der Waals surface area contributed by atoms with E-state index in [0.717, 1.165) is 11.1 Å². The molecule has 2 N–H and O–H groups in total. The van der Waals surface area contributed by atoms with Gasteiger partial charge in [-0.1, -0.05) is 29.3 Å². The van der Waals surface area contributed by atoms with Crippen molar-refractivity contribution in [1.82, 2.24) is 10.3 Å². The summed E-state index contributed by atoms with van der Waals surface area (Å²) in [7, 11) is 0. The topological polar surface area (TPSA) is 45.1 Å². The number of hydrogen-bond donors (Lipinski definition) is 2. The Balaban J connectivity index is 0.00000180. The van der Waals surface area contributed by atoms with Crippen LogP contribution in [-0.4, -0.2) is 10.1 Å². The molecule has 0 spiro atoms. The van der Waals surface area contributed by atoms with Crippen LogP contribution in [0, 0.1) is 0 Å². The van der Waals surface area contributed by atoms with Crippen molar-refractivity contribution in [3.8, 4) is 5.75 Å². The molecule has 0 bridgehead atoms. The molecule has 1 aromatic heterocycles. The third-order valence-electron chi connectivity index (χ3n) is 2.47. The summed E-state index contributed by atoms with van der Waals surface area (Å²) >= 11 is 11.6. The maximum Gasteiger partial charge on any atom is 0.129 e. The van der Waals surface area contributed by atoms with Crippen molar-refractivity contribution >= 4 is 35.6 Å². The first kappa shape index (κ1) is 16.1. The third-order valence-corrected chi connectivity index (χ3v) is 2.93. The fourth-order valence-corrected chi connectivity index (χ4v) is 1.85. The number of phenols is 1. The molecule has 0 aliphatic rings. The van der Waals surface area contributed by atoms with Crippen molar-refractivity contribution in [2.24, 2.45) is 0 Å². The predicted molar refractivity (Wildman–Crippen MR) is 80.2 cm³/mol. The second-order valence-corrected chi connectivity index (χ2v) is 4.69. The monoisotopic (exact) mass is 318 g/mol. The van der Waals surface area contributed by atoms with Gasteiger partial charge in [-0.3, -0.25) is 0 Å². The molecule has 19 heavy (non-hydrogen) atoms. The number of benzene rings is 1. The van der Waals surface area contributed by atoms with Crippen molar-refractivity contribution in [1.29, 1.82) is 0 Å². The Morgan fingerprint density at radius 1 is 1.11 bits per heavy atom. The molecule has 102 valence electrons. The molecule has 0 aliphatic heterocycles. The zero-order chi connectivity index (χ0) is 13.0. The highest BCUT2D eigenvalue weighted by Crippen LogP contribution is 2.21. The molecule has 0 saturated heterocycles. The molecule has 1 aromatic carbocycles. The van der Waals surface area contributed by atoms with E-state index in [0.29, 0.717) is 23.3 Å². The van der Waals surface area contributed by atoms with Crippen LogP contribution in [0.5, 0.6) is 5.75 Å². The number of nitrogens with one attached hydrogen (secondary N) is 1. The third kappa shape index (κ3) is 4.88. The fourth-order valence-electron chi connectivity index (χ4n) is 1.55. The molecule has 0 unspecified atom stereocenters. The molecule has 0 atom stereocenters. The number of nitrogens with zero attached hydrogens (tertiary/aromatic N) is 1. The zero-order valence-electron chi connectivity index (χ0n) is 9.94. The van der Waals surface area contributed by atoms with Gasteiger partial charge in [0.05, 0.1) is 0 Å². The summed E-state index contributed by atoms with van der Waals surface area (Å²) in [5.41, 5.74) is 1.80. The number of aromatic hydroxyl groups is 1. The van der Waals surface area contributed by atoms with Crippen LogP contribution in [0.1, 0.15) is 11.1 Å². The lowest BCUT2D eigenvalue weighted by molar-refractivity contribution is 0.464. The highest BCUT2D eigenvalue weighted by Gasteiger charge is 2.02. The van der Waals surface area contributed by atoms with Crippen molar-refractivity contribution < 1.29 is 5.11 Å². The number of pyridine rings is 1. The van der Waals surface area contributed by atoms with E-state index in [4.69, 9.17) is 23.2 Å². The van der Waals surface area contributed by atoms with E-state index in [-0.39, 0.29) is 18.2 Å². The minimum atomic E-state index is 0.